The van der Waals surface area contributed by atoms with Gasteiger partial charge in [0, 0.05) is 50.3 Å². The maximum atomic E-state index is 12.1. The van der Waals surface area contributed by atoms with Crippen molar-refractivity contribution in [2.45, 2.75) is 73.9 Å². The highest BCUT2D eigenvalue weighted by atomic mass is 79.9. The number of halogens is 1. The number of alkyl halides is 1. The molecule has 1 aliphatic carbocycles. The van der Waals surface area contributed by atoms with E-state index in [4.69, 9.17) is 5.73 Å². The molecule has 3 saturated heterocycles. The van der Waals surface area contributed by atoms with E-state index in [1.165, 1.54) is 0 Å². The molecule has 3 fully saturated rings. The summed E-state index contributed by atoms with van der Waals surface area (Å²) in [6.45, 7) is 3.74. The van der Waals surface area contributed by atoms with E-state index >= 15 is 0 Å². The van der Waals surface area contributed by atoms with Gasteiger partial charge < -0.3 is 16.4 Å². The standard InChI is InChI=1S/C20H34BrN7O2/c21-17-20(25-13-5-8-23-11-13)27-19(16(26-17)18(22)30)24-12-1-3-14(4-2-12)28-9-6-15(29)7-10-28/h1,13-14,16-17,19-20,23-27H,2-11H2,(H2,22,30)/t13-,14?,16?,17?,19?,20?/m1/s1. The van der Waals surface area contributed by atoms with Crippen LogP contribution in [0.4, 0.5) is 0 Å². The van der Waals surface area contributed by atoms with Crippen molar-refractivity contribution in [1.82, 2.24) is 31.5 Å². The highest BCUT2D eigenvalue weighted by Crippen LogP contribution is 2.24. The van der Waals surface area contributed by atoms with Crippen molar-refractivity contribution in [3.05, 3.63) is 11.8 Å². The lowest BCUT2D eigenvalue weighted by Gasteiger charge is -2.43. The quantitative estimate of drug-likeness (QED) is 0.211. The third-order valence-corrected chi connectivity index (χ3v) is 7.50. The Bertz CT molecular complexity index is 660. The minimum atomic E-state index is -0.513. The molecule has 6 atom stereocenters. The van der Waals surface area contributed by atoms with Crippen molar-refractivity contribution in [2.24, 2.45) is 5.73 Å². The minimum Gasteiger partial charge on any atom is -0.372 e. The van der Waals surface area contributed by atoms with E-state index < -0.39 is 6.04 Å². The van der Waals surface area contributed by atoms with Crippen molar-refractivity contribution < 1.29 is 9.59 Å². The first kappa shape index (κ1) is 22.2. The number of piperazine rings is 1. The van der Waals surface area contributed by atoms with Crippen LogP contribution in [0.1, 0.15) is 38.5 Å². The van der Waals surface area contributed by atoms with Crippen molar-refractivity contribution in [2.75, 3.05) is 26.2 Å². The molecule has 0 saturated carbocycles. The topological polar surface area (TPSA) is 124 Å². The molecule has 3 heterocycles. The average molecular weight is 484 g/mol. The molecule has 0 aromatic rings. The molecule has 0 spiro atoms. The number of carbonyl (C=O) groups excluding carboxylic acids is 2. The Labute approximate surface area is 186 Å². The highest BCUT2D eigenvalue weighted by molar-refractivity contribution is 9.09. The summed E-state index contributed by atoms with van der Waals surface area (Å²) in [5.41, 5.74) is 6.83. The molecule has 9 nitrogen and oxygen atoms in total. The molecule has 0 radical (unpaired) electrons. The van der Waals surface area contributed by atoms with Gasteiger partial charge in [0.15, 0.2) is 0 Å². The Morgan fingerprint density at radius 1 is 1.17 bits per heavy atom. The lowest BCUT2D eigenvalue weighted by molar-refractivity contribution is -0.122. The number of hydrogen-bond donors (Lipinski definition) is 6. The van der Waals surface area contributed by atoms with Gasteiger partial charge in [-0.25, -0.2) is 0 Å². The largest absolute Gasteiger partial charge is 0.372 e. The van der Waals surface area contributed by atoms with Crippen LogP contribution in [0.25, 0.3) is 0 Å². The normalized spacial score (nSPS) is 38.3. The first-order chi connectivity index (χ1) is 14.5. The number of rotatable bonds is 6. The number of nitrogens with two attached hydrogens (primary N) is 1. The fourth-order valence-corrected chi connectivity index (χ4v) is 5.50. The number of hydrogen-bond acceptors (Lipinski definition) is 8. The van der Waals surface area contributed by atoms with Gasteiger partial charge in [0.2, 0.25) is 5.91 Å². The first-order valence-corrected chi connectivity index (χ1v) is 12.0. The number of carbonyl (C=O) groups is 2. The number of Topliss-reactive ketones (excluding diaryl/α,β-unsaturated/α-hetero) is 1. The zero-order valence-corrected chi connectivity index (χ0v) is 18.9. The van der Waals surface area contributed by atoms with Crippen molar-refractivity contribution in [3.8, 4) is 0 Å². The van der Waals surface area contributed by atoms with E-state index in [0.717, 1.165) is 57.6 Å². The van der Waals surface area contributed by atoms with Gasteiger partial charge >= 0.3 is 0 Å². The van der Waals surface area contributed by atoms with E-state index in [1.54, 1.807) is 0 Å². The fraction of sp³-hybridized carbons (Fsp3) is 0.800. The predicted octanol–water partition coefficient (Wildman–Crippen LogP) is -0.951. The molecular weight excluding hydrogens is 450 g/mol. The number of likely N-dealkylation sites (tertiary alicyclic amines) is 1. The summed E-state index contributed by atoms with van der Waals surface area (Å²) in [5.74, 6) is 0.00710. The van der Waals surface area contributed by atoms with Crippen LogP contribution in [-0.2, 0) is 9.59 Å². The smallest absolute Gasteiger partial charge is 0.238 e. The molecule has 30 heavy (non-hydrogen) atoms. The Hall–Kier alpha value is -1.04. The highest BCUT2D eigenvalue weighted by Gasteiger charge is 2.39. The van der Waals surface area contributed by atoms with Gasteiger partial charge in [-0.15, -0.1) is 0 Å². The number of ketones is 1. The van der Waals surface area contributed by atoms with Crippen molar-refractivity contribution >= 4 is 27.6 Å². The zero-order chi connectivity index (χ0) is 21.1. The molecule has 5 unspecified atom stereocenters. The zero-order valence-electron chi connectivity index (χ0n) is 17.3. The molecule has 4 rings (SSSR count). The van der Waals surface area contributed by atoms with Crippen LogP contribution < -0.4 is 32.3 Å². The predicted molar refractivity (Wildman–Crippen MR) is 119 cm³/mol. The van der Waals surface area contributed by atoms with Gasteiger partial charge in [-0.1, -0.05) is 22.0 Å². The number of amides is 1. The number of allylic oxidation sites excluding steroid dienone is 1. The van der Waals surface area contributed by atoms with Crippen LogP contribution in [0.2, 0.25) is 0 Å². The Balaban J connectivity index is 1.34. The molecule has 3 aliphatic heterocycles. The summed E-state index contributed by atoms with van der Waals surface area (Å²) >= 11 is 3.64. The number of primary amides is 1. The molecule has 10 heteroatoms. The first-order valence-electron chi connectivity index (χ1n) is 11.1. The van der Waals surface area contributed by atoms with Gasteiger partial charge in [-0.3, -0.25) is 30.4 Å². The number of piperidine rings is 1. The van der Waals surface area contributed by atoms with Crippen LogP contribution in [0.3, 0.4) is 0 Å². The van der Waals surface area contributed by atoms with Crippen LogP contribution >= 0.6 is 15.9 Å². The second kappa shape index (κ2) is 10.1. The van der Waals surface area contributed by atoms with Gasteiger partial charge in [0.25, 0.3) is 0 Å². The van der Waals surface area contributed by atoms with Crippen LogP contribution in [0, 0.1) is 0 Å². The third kappa shape index (κ3) is 5.41. The molecule has 0 aromatic heterocycles. The summed E-state index contributed by atoms with van der Waals surface area (Å²) in [6, 6.07) is 0.395. The summed E-state index contributed by atoms with van der Waals surface area (Å²) in [6.07, 6.45) is 7.35. The average Bonchev–Trinajstić information content (AvgIpc) is 3.24. The number of nitrogens with one attached hydrogen (secondary N) is 5. The molecular formula is C20H34BrN7O2. The molecule has 168 valence electrons. The molecule has 0 bridgehead atoms. The summed E-state index contributed by atoms with van der Waals surface area (Å²) in [4.78, 5) is 25.9. The van der Waals surface area contributed by atoms with E-state index in [1.807, 2.05) is 0 Å². The SMILES string of the molecule is NC(=O)C1NC(Br)C(N[C@@H]2CCNC2)NC1NC1=CCC(N2CCC(=O)CC2)CC1. The van der Waals surface area contributed by atoms with Gasteiger partial charge in [-0.2, -0.15) is 0 Å². The van der Waals surface area contributed by atoms with E-state index in [2.05, 4.69) is 53.5 Å². The van der Waals surface area contributed by atoms with E-state index in [0.29, 0.717) is 30.7 Å². The maximum absolute atomic E-state index is 12.1. The van der Waals surface area contributed by atoms with Crippen LogP contribution in [0.5, 0.6) is 0 Å². The van der Waals surface area contributed by atoms with Crippen LogP contribution in [-0.4, -0.2) is 78.2 Å². The Morgan fingerprint density at radius 2 is 1.97 bits per heavy atom. The van der Waals surface area contributed by atoms with Gasteiger partial charge in [0.05, 0.1) is 11.1 Å². The lowest BCUT2D eigenvalue weighted by atomic mass is 9.95. The van der Waals surface area contributed by atoms with Crippen molar-refractivity contribution in [3.63, 3.8) is 0 Å². The molecule has 1 amide bonds. The molecule has 0 aromatic carbocycles. The maximum Gasteiger partial charge on any atom is 0.238 e. The second-order valence-corrected chi connectivity index (χ2v) is 9.79. The Morgan fingerprint density at radius 3 is 2.60 bits per heavy atom. The summed E-state index contributed by atoms with van der Waals surface area (Å²) in [7, 11) is 0. The van der Waals surface area contributed by atoms with Crippen molar-refractivity contribution in [1.29, 1.82) is 0 Å². The third-order valence-electron chi connectivity index (χ3n) is 6.70. The molecule has 7 N–H and O–H groups in total. The van der Waals surface area contributed by atoms with E-state index in [-0.39, 0.29) is 23.2 Å². The van der Waals surface area contributed by atoms with Gasteiger partial charge in [0.1, 0.15) is 18.0 Å². The summed E-state index contributed by atoms with van der Waals surface area (Å²) < 4.78 is 0. The fourth-order valence-electron chi connectivity index (χ4n) is 4.91. The minimum absolute atomic E-state index is 0.0224. The van der Waals surface area contributed by atoms with Gasteiger partial charge in [-0.05, 0) is 32.2 Å². The molecule has 4 aliphatic rings. The monoisotopic (exact) mass is 483 g/mol. The van der Waals surface area contributed by atoms with E-state index in [9.17, 15) is 9.59 Å². The second-order valence-electron chi connectivity index (χ2n) is 8.80. The summed E-state index contributed by atoms with van der Waals surface area (Å²) in [5, 5.41) is 17.4. The van der Waals surface area contributed by atoms with Crippen LogP contribution in [0.15, 0.2) is 11.8 Å². The lowest BCUT2D eigenvalue weighted by Crippen LogP contribution is -2.74. The Kier molecular flexibility index (Phi) is 7.43. The number of nitrogens with zero attached hydrogens (tertiary/aromatic N) is 1.